The molecule has 2 aromatic rings. The summed E-state index contributed by atoms with van der Waals surface area (Å²) in [6.45, 7) is 3.09. The maximum atomic E-state index is 12.6. The van der Waals surface area contributed by atoms with Crippen molar-refractivity contribution in [2.45, 2.75) is 25.8 Å². The normalized spacial score (nSPS) is 16.3. The molecular formula is C21H25N3O3S. The topological polar surface area (TPSA) is 69.7 Å². The summed E-state index contributed by atoms with van der Waals surface area (Å²) in [6.07, 6.45) is 4.36. The van der Waals surface area contributed by atoms with Gasteiger partial charge in [-0.25, -0.2) is 8.42 Å². The summed E-state index contributed by atoms with van der Waals surface area (Å²) in [7, 11) is -3.33. The lowest BCUT2D eigenvalue weighted by Gasteiger charge is -2.18. The number of nitrogens with one attached hydrogen (secondary N) is 1. The Morgan fingerprint density at radius 2 is 1.75 bits per heavy atom. The van der Waals surface area contributed by atoms with Crippen molar-refractivity contribution in [3.63, 3.8) is 0 Å². The van der Waals surface area contributed by atoms with Gasteiger partial charge in [-0.05, 0) is 54.7 Å². The predicted molar refractivity (Wildman–Crippen MR) is 111 cm³/mol. The average molecular weight is 400 g/mol. The molecule has 4 rings (SSSR count). The third kappa shape index (κ3) is 3.85. The van der Waals surface area contributed by atoms with Crippen LogP contribution in [0.5, 0.6) is 0 Å². The Labute approximate surface area is 166 Å². The standard InChI is InChI=1S/C21H25N3O3S/c1-28(26,27)24-13-10-17-6-7-18(14-20(17)24)21(25)22-15-16-4-8-19(9-5-16)23-11-2-3-12-23/h4-9,14H,2-3,10-13,15H2,1H3,(H,22,25). The molecule has 0 atom stereocenters. The molecule has 1 saturated heterocycles. The van der Waals surface area contributed by atoms with Crippen LogP contribution in [0, 0.1) is 0 Å². The number of rotatable bonds is 5. The van der Waals surface area contributed by atoms with Crippen molar-refractivity contribution in [2.75, 3.05) is 35.1 Å². The number of hydrogen-bond acceptors (Lipinski definition) is 4. The van der Waals surface area contributed by atoms with Crippen LogP contribution in [0.2, 0.25) is 0 Å². The van der Waals surface area contributed by atoms with Crippen LogP contribution in [0.4, 0.5) is 11.4 Å². The number of nitrogens with zero attached hydrogens (tertiary/aromatic N) is 2. The van der Waals surface area contributed by atoms with Gasteiger partial charge < -0.3 is 10.2 Å². The van der Waals surface area contributed by atoms with Crippen LogP contribution >= 0.6 is 0 Å². The fourth-order valence-corrected chi connectivity index (χ4v) is 4.87. The minimum Gasteiger partial charge on any atom is -0.372 e. The molecule has 0 saturated carbocycles. The molecule has 0 spiro atoms. The Hall–Kier alpha value is -2.54. The second kappa shape index (κ2) is 7.47. The number of amides is 1. The second-order valence-electron chi connectivity index (χ2n) is 7.47. The zero-order chi connectivity index (χ0) is 19.7. The maximum Gasteiger partial charge on any atom is 0.251 e. The lowest BCUT2D eigenvalue weighted by molar-refractivity contribution is 0.0951. The van der Waals surface area contributed by atoms with Gasteiger partial charge in [0.2, 0.25) is 10.0 Å². The van der Waals surface area contributed by atoms with Crippen LogP contribution in [-0.2, 0) is 23.0 Å². The van der Waals surface area contributed by atoms with Crippen molar-refractivity contribution < 1.29 is 13.2 Å². The largest absolute Gasteiger partial charge is 0.372 e. The van der Waals surface area contributed by atoms with E-state index in [1.807, 2.05) is 18.2 Å². The van der Waals surface area contributed by atoms with E-state index < -0.39 is 10.0 Å². The van der Waals surface area contributed by atoms with Gasteiger partial charge in [0.15, 0.2) is 0 Å². The quantitative estimate of drug-likeness (QED) is 0.839. The van der Waals surface area contributed by atoms with Crippen molar-refractivity contribution in [2.24, 2.45) is 0 Å². The van der Waals surface area contributed by atoms with Crippen molar-refractivity contribution in [1.29, 1.82) is 0 Å². The van der Waals surface area contributed by atoms with Gasteiger partial charge in [-0.2, -0.15) is 0 Å². The van der Waals surface area contributed by atoms with Crippen LogP contribution in [0.3, 0.4) is 0 Å². The Morgan fingerprint density at radius 1 is 1.04 bits per heavy atom. The average Bonchev–Trinajstić information content (AvgIpc) is 3.35. The summed E-state index contributed by atoms with van der Waals surface area (Å²) >= 11 is 0. The first-order chi connectivity index (χ1) is 13.4. The van der Waals surface area contributed by atoms with Gasteiger partial charge >= 0.3 is 0 Å². The van der Waals surface area contributed by atoms with E-state index in [1.54, 1.807) is 12.1 Å². The van der Waals surface area contributed by atoms with Crippen LogP contribution in [-0.4, -0.2) is 40.2 Å². The van der Waals surface area contributed by atoms with E-state index in [0.717, 1.165) is 24.2 Å². The Balaban J connectivity index is 1.42. The Bertz CT molecular complexity index is 980. The molecule has 28 heavy (non-hydrogen) atoms. The molecule has 0 radical (unpaired) electrons. The number of sulfonamides is 1. The SMILES string of the molecule is CS(=O)(=O)N1CCc2ccc(C(=O)NCc3ccc(N4CCCC4)cc3)cc21. The molecule has 1 fully saturated rings. The first-order valence-corrected chi connectivity index (χ1v) is 11.5. The molecule has 1 amide bonds. The number of benzene rings is 2. The number of carbonyl (C=O) groups is 1. The van der Waals surface area contributed by atoms with Crippen molar-refractivity contribution in [1.82, 2.24) is 5.32 Å². The molecule has 0 aliphatic carbocycles. The smallest absolute Gasteiger partial charge is 0.251 e. The van der Waals surface area contributed by atoms with Crippen LogP contribution in [0.25, 0.3) is 0 Å². The summed E-state index contributed by atoms with van der Waals surface area (Å²) in [5.41, 5.74) is 4.31. The van der Waals surface area contributed by atoms with Gasteiger partial charge in [-0.3, -0.25) is 9.10 Å². The lowest BCUT2D eigenvalue weighted by atomic mass is 10.1. The number of hydrogen-bond donors (Lipinski definition) is 1. The van der Waals surface area contributed by atoms with Gasteiger partial charge in [0.05, 0.1) is 11.9 Å². The minimum atomic E-state index is -3.33. The van der Waals surface area contributed by atoms with Crippen molar-refractivity contribution >= 4 is 27.3 Å². The first-order valence-electron chi connectivity index (χ1n) is 9.64. The van der Waals surface area contributed by atoms with E-state index >= 15 is 0 Å². The summed E-state index contributed by atoms with van der Waals surface area (Å²) in [5, 5.41) is 2.93. The molecule has 2 heterocycles. The van der Waals surface area contributed by atoms with E-state index in [1.165, 1.54) is 29.1 Å². The second-order valence-corrected chi connectivity index (χ2v) is 9.38. The molecule has 6 nitrogen and oxygen atoms in total. The van der Waals surface area contributed by atoms with E-state index in [4.69, 9.17) is 0 Å². The maximum absolute atomic E-state index is 12.6. The highest BCUT2D eigenvalue weighted by Gasteiger charge is 2.27. The van der Waals surface area contributed by atoms with E-state index in [-0.39, 0.29) is 5.91 Å². The summed E-state index contributed by atoms with van der Waals surface area (Å²) in [6, 6.07) is 13.6. The molecule has 148 valence electrons. The molecule has 2 aromatic carbocycles. The fourth-order valence-electron chi connectivity index (χ4n) is 3.92. The number of carbonyl (C=O) groups excluding carboxylic acids is 1. The monoisotopic (exact) mass is 399 g/mol. The highest BCUT2D eigenvalue weighted by molar-refractivity contribution is 7.92. The molecule has 2 aliphatic rings. The highest BCUT2D eigenvalue weighted by Crippen LogP contribution is 2.31. The van der Waals surface area contributed by atoms with Gasteiger partial charge in [0.25, 0.3) is 5.91 Å². The zero-order valence-corrected chi connectivity index (χ0v) is 16.8. The molecule has 0 bridgehead atoms. The minimum absolute atomic E-state index is 0.202. The molecule has 2 aliphatic heterocycles. The van der Waals surface area contributed by atoms with Gasteiger partial charge in [0.1, 0.15) is 0 Å². The third-order valence-corrected chi connectivity index (χ3v) is 6.64. The molecule has 0 aromatic heterocycles. The zero-order valence-electron chi connectivity index (χ0n) is 16.0. The highest BCUT2D eigenvalue weighted by atomic mass is 32.2. The Morgan fingerprint density at radius 3 is 2.43 bits per heavy atom. The molecule has 0 unspecified atom stereocenters. The van der Waals surface area contributed by atoms with Crippen molar-refractivity contribution in [3.05, 3.63) is 59.2 Å². The Kier molecular flexibility index (Phi) is 5.02. The predicted octanol–water partition coefficient (Wildman–Crippen LogP) is 2.54. The summed E-state index contributed by atoms with van der Waals surface area (Å²) < 4.78 is 25.2. The lowest BCUT2D eigenvalue weighted by Crippen LogP contribution is -2.28. The summed E-state index contributed by atoms with van der Waals surface area (Å²) in [4.78, 5) is 14.9. The van der Waals surface area contributed by atoms with Crippen LogP contribution < -0.4 is 14.5 Å². The van der Waals surface area contributed by atoms with Gasteiger partial charge in [-0.15, -0.1) is 0 Å². The number of anilines is 2. The molecule has 7 heteroatoms. The molecule has 1 N–H and O–H groups in total. The van der Waals surface area contributed by atoms with Gasteiger partial charge in [0, 0.05) is 37.4 Å². The van der Waals surface area contributed by atoms with E-state index in [0.29, 0.717) is 30.8 Å². The van der Waals surface area contributed by atoms with E-state index in [2.05, 4.69) is 22.3 Å². The third-order valence-electron chi connectivity index (χ3n) is 5.46. The first kappa shape index (κ1) is 18.8. The fraction of sp³-hybridized carbons (Fsp3) is 0.381. The van der Waals surface area contributed by atoms with Crippen LogP contribution in [0.15, 0.2) is 42.5 Å². The van der Waals surface area contributed by atoms with Crippen LogP contribution in [0.1, 0.15) is 34.3 Å². The van der Waals surface area contributed by atoms with E-state index in [9.17, 15) is 13.2 Å². The summed E-state index contributed by atoms with van der Waals surface area (Å²) in [5.74, 6) is -0.202. The number of fused-ring (bicyclic) bond motifs is 1. The van der Waals surface area contributed by atoms with Crippen molar-refractivity contribution in [3.8, 4) is 0 Å². The van der Waals surface area contributed by atoms with Gasteiger partial charge in [-0.1, -0.05) is 18.2 Å². The molecular weight excluding hydrogens is 374 g/mol.